The Morgan fingerprint density at radius 2 is 2.00 bits per heavy atom. The van der Waals surface area contributed by atoms with E-state index in [1.54, 1.807) is 12.4 Å². The summed E-state index contributed by atoms with van der Waals surface area (Å²) < 4.78 is 0.661. The highest BCUT2D eigenvalue weighted by atomic mass is 32.1. The summed E-state index contributed by atoms with van der Waals surface area (Å²) in [6.07, 6.45) is 3.45. The number of nitrogens with zero attached hydrogens (tertiary/aromatic N) is 1. The topological polar surface area (TPSA) is 28.7 Å². The van der Waals surface area contributed by atoms with E-state index in [2.05, 4.69) is 35.9 Å². The Bertz CT molecular complexity index is 543. The molecule has 0 amide bonds. The van der Waals surface area contributed by atoms with Gasteiger partial charge in [0.25, 0.3) is 0 Å². The molecule has 2 nitrogen and oxygen atoms in total. The van der Waals surface area contributed by atoms with Crippen molar-refractivity contribution in [2.45, 2.75) is 13.8 Å². The molecule has 76 valence electrons. The highest BCUT2D eigenvalue weighted by molar-refractivity contribution is 7.71. The molecule has 0 aliphatic rings. The lowest BCUT2D eigenvalue weighted by Gasteiger charge is -2.07. The average molecular weight is 216 g/mol. The lowest BCUT2D eigenvalue weighted by molar-refractivity contribution is 1.17. The van der Waals surface area contributed by atoms with Crippen LogP contribution in [0.25, 0.3) is 11.3 Å². The van der Waals surface area contributed by atoms with E-state index in [1.807, 2.05) is 6.07 Å². The molecule has 0 spiro atoms. The summed E-state index contributed by atoms with van der Waals surface area (Å²) in [5.74, 6) is 0. The van der Waals surface area contributed by atoms with Crippen LogP contribution in [0.1, 0.15) is 11.1 Å². The molecule has 3 heteroatoms. The third kappa shape index (κ3) is 1.97. The summed E-state index contributed by atoms with van der Waals surface area (Å²) in [6.45, 7) is 4.21. The molecule has 0 fully saturated rings. The first-order valence-corrected chi connectivity index (χ1v) is 5.20. The standard InChI is InChI=1S/C12H12N2S/c1-8-4-3-5-10(9(8)2)11-6-13-7-12(15)14-11/h3-7H,1-2H3,(H,14,15). The Kier molecular flexibility index (Phi) is 2.64. The van der Waals surface area contributed by atoms with Gasteiger partial charge in [0.05, 0.1) is 18.1 Å². The summed E-state index contributed by atoms with van der Waals surface area (Å²) in [4.78, 5) is 7.24. The number of aryl methyl sites for hydroxylation is 1. The number of nitrogens with one attached hydrogen (secondary N) is 1. The first-order valence-electron chi connectivity index (χ1n) is 4.79. The van der Waals surface area contributed by atoms with Crippen LogP contribution >= 0.6 is 12.2 Å². The van der Waals surface area contributed by atoms with Crippen LogP contribution in [-0.2, 0) is 0 Å². The van der Waals surface area contributed by atoms with Crippen LogP contribution in [0, 0.1) is 18.5 Å². The predicted molar refractivity (Wildman–Crippen MR) is 64.3 cm³/mol. The van der Waals surface area contributed by atoms with Gasteiger partial charge in [-0.3, -0.25) is 4.98 Å². The average Bonchev–Trinajstić information content (AvgIpc) is 2.22. The van der Waals surface area contributed by atoms with Crippen LogP contribution < -0.4 is 0 Å². The van der Waals surface area contributed by atoms with E-state index in [0.717, 1.165) is 11.3 Å². The minimum atomic E-state index is 0.661. The van der Waals surface area contributed by atoms with Gasteiger partial charge >= 0.3 is 0 Å². The van der Waals surface area contributed by atoms with Crippen LogP contribution in [0.5, 0.6) is 0 Å². The van der Waals surface area contributed by atoms with E-state index in [0.29, 0.717) is 4.64 Å². The maximum Gasteiger partial charge on any atom is 0.122 e. The Morgan fingerprint density at radius 1 is 1.20 bits per heavy atom. The van der Waals surface area contributed by atoms with Crippen molar-refractivity contribution in [3.63, 3.8) is 0 Å². The first kappa shape index (κ1) is 10.1. The number of hydrogen-bond acceptors (Lipinski definition) is 2. The second kappa shape index (κ2) is 3.95. The van der Waals surface area contributed by atoms with Gasteiger partial charge in [-0.05, 0) is 25.0 Å². The number of H-pyrrole nitrogens is 1. The van der Waals surface area contributed by atoms with E-state index in [4.69, 9.17) is 12.2 Å². The fourth-order valence-electron chi connectivity index (χ4n) is 1.56. The minimum absolute atomic E-state index is 0.661. The minimum Gasteiger partial charge on any atom is -0.344 e. The first-order chi connectivity index (χ1) is 7.18. The predicted octanol–water partition coefficient (Wildman–Crippen LogP) is 3.42. The highest BCUT2D eigenvalue weighted by Gasteiger charge is 2.03. The zero-order valence-corrected chi connectivity index (χ0v) is 9.56. The van der Waals surface area contributed by atoms with Gasteiger partial charge in [0.15, 0.2) is 0 Å². The van der Waals surface area contributed by atoms with Crippen molar-refractivity contribution in [2.75, 3.05) is 0 Å². The largest absolute Gasteiger partial charge is 0.344 e. The molecular formula is C12H12N2S. The smallest absolute Gasteiger partial charge is 0.122 e. The summed E-state index contributed by atoms with van der Waals surface area (Å²) in [5, 5.41) is 0. The van der Waals surface area contributed by atoms with Gasteiger partial charge in [-0.1, -0.05) is 30.4 Å². The Hall–Kier alpha value is -1.48. The molecule has 0 aliphatic carbocycles. The van der Waals surface area contributed by atoms with E-state index in [1.165, 1.54) is 11.1 Å². The van der Waals surface area contributed by atoms with Crippen LogP contribution in [0.4, 0.5) is 0 Å². The van der Waals surface area contributed by atoms with E-state index < -0.39 is 0 Å². The van der Waals surface area contributed by atoms with Crippen LogP contribution in [0.2, 0.25) is 0 Å². The molecule has 2 rings (SSSR count). The normalized spacial score (nSPS) is 10.3. The molecule has 2 aromatic rings. The highest BCUT2D eigenvalue weighted by Crippen LogP contribution is 2.22. The van der Waals surface area contributed by atoms with Gasteiger partial charge in [0.1, 0.15) is 4.64 Å². The molecule has 1 N–H and O–H groups in total. The van der Waals surface area contributed by atoms with Crippen molar-refractivity contribution < 1.29 is 0 Å². The van der Waals surface area contributed by atoms with Gasteiger partial charge < -0.3 is 4.98 Å². The summed E-state index contributed by atoms with van der Waals surface area (Å²) in [5.41, 5.74) is 4.67. The quantitative estimate of drug-likeness (QED) is 0.740. The van der Waals surface area contributed by atoms with Crippen LogP contribution in [0.15, 0.2) is 30.6 Å². The summed E-state index contributed by atoms with van der Waals surface area (Å²) in [7, 11) is 0. The molecule has 1 aromatic carbocycles. The van der Waals surface area contributed by atoms with Crippen molar-refractivity contribution in [1.29, 1.82) is 0 Å². The molecule has 0 radical (unpaired) electrons. The zero-order chi connectivity index (χ0) is 10.8. The van der Waals surface area contributed by atoms with Gasteiger partial charge in [-0.2, -0.15) is 0 Å². The second-order valence-corrected chi connectivity index (χ2v) is 4.00. The SMILES string of the molecule is Cc1cccc(-c2cncc(=S)[nH]2)c1C. The Balaban J connectivity index is 2.64. The molecule has 0 saturated heterocycles. The molecule has 1 aromatic heterocycles. The molecule has 0 unspecified atom stereocenters. The third-order valence-corrected chi connectivity index (χ3v) is 2.76. The lowest BCUT2D eigenvalue weighted by atomic mass is 10.0. The molecule has 1 heterocycles. The Labute approximate surface area is 94.0 Å². The molecule has 0 atom stereocenters. The zero-order valence-electron chi connectivity index (χ0n) is 8.74. The third-order valence-electron chi connectivity index (χ3n) is 2.55. The summed E-state index contributed by atoms with van der Waals surface area (Å²) >= 11 is 5.06. The van der Waals surface area contributed by atoms with Crippen LogP contribution in [-0.4, -0.2) is 9.97 Å². The number of rotatable bonds is 1. The Morgan fingerprint density at radius 3 is 2.73 bits per heavy atom. The van der Waals surface area contributed by atoms with Crippen LogP contribution in [0.3, 0.4) is 0 Å². The van der Waals surface area contributed by atoms with E-state index in [9.17, 15) is 0 Å². The van der Waals surface area contributed by atoms with E-state index >= 15 is 0 Å². The number of benzene rings is 1. The molecule has 15 heavy (non-hydrogen) atoms. The molecule has 0 bridgehead atoms. The fourth-order valence-corrected chi connectivity index (χ4v) is 1.73. The number of aromatic nitrogens is 2. The van der Waals surface area contributed by atoms with Crippen molar-refractivity contribution in [2.24, 2.45) is 0 Å². The van der Waals surface area contributed by atoms with Gasteiger partial charge in [-0.25, -0.2) is 0 Å². The monoisotopic (exact) mass is 216 g/mol. The second-order valence-electron chi connectivity index (χ2n) is 3.56. The maximum absolute atomic E-state index is 5.06. The number of hydrogen-bond donors (Lipinski definition) is 1. The maximum atomic E-state index is 5.06. The summed E-state index contributed by atoms with van der Waals surface area (Å²) in [6, 6.07) is 6.22. The van der Waals surface area contributed by atoms with Crippen molar-refractivity contribution >= 4 is 12.2 Å². The van der Waals surface area contributed by atoms with Gasteiger partial charge in [-0.15, -0.1) is 0 Å². The molecule has 0 saturated carbocycles. The van der Waals surface area contributed by atoms with Crippen molar-refractivity contribution in [1.82, 2.24) is 9.97 Å². The fraction of sp³-hybridized carbons (Fsp3) is 0.167. The van der Waals surface area contributed by atoms with Gasteiger partial charge in [0.2, 0.25) is 0 Å². The molecule has 0 aliphatic heterocycles. The van der Waals surface area contributed by atoms with Crippen molar-refractivity contribution in [3.8, 4) is 11.3 Å². The molecular weight excluding hydrogens is 204 g/mol. The number of aromatic amines is 1. The van der Waals surface area contributed by atoms with Gasteiger partial charge in [0, 0.05) is 5.56 Å². The van der Waals surface area contributed by atoms with E-state index in [-0.39, 0.29) is 0 Å². The van der Waals surface area contributed by atoms with Crippen molar-refractivity contribution in [3.05, 3.63) is 46.4 Å². The lowest BCUT2D eigenvalue weighted by Crippen LogP contribution is -1.90.